The van der Waals surface area contributed by atoms with Crippen LogP contribution in [0.1, 0.15) is 27.6 Å². The van der Waals surface area contributed by atoms with Crippen LogP contribution in [0.25, 0.3) is 5.69 Å². The minimum Gasteiger partial charge on any atom is -0.340 e. The predicted molar refractivity (Wildman–Crippen MR) is 110 cm³/mol. The summed E-state index contributed by atoms with van der Waals surface area (Å²) in [7, 11) is 0. The third kappa shape index (κ3) is 3.30. The molecule has 9 heteroatoms. The van der Waals surface area contributed by atoms with Gasteiger partial charge in [0, 0.05) is 55.1 Å². The minimum absolute atomic E-state index is 0.0606. The highest BCUT2D eigenvalue weighted by Gasteiger charge is 2.43. The molecule has 0 aliphatic carbocycles. The van der Waals surface area contributed by atoms with Crippen molar-refractivity contribution in [2.75, 3.05) is 31.1 Å². The maximum Gasteiger partial charge on any atom is 0.274 e. The normalized spacial score (nSPS) is 20.6. The van der Waals surface area contributed by atoms with E-state index in [1.54, 1.807) is 12.4 Å². The smallest absolute Gasteiger partial charge is 0.274 e. The van der Waals surface area contributed by atoms with E-state index >= 15 is 0 Å². The Hall–Kier alpha value is -3.36. The summed E-state index contributed by atoms with van der Waals surface area (Å²) in [5.41, 5.74) is 3.78. The van der Waals surface area contributed by atoms with E-state index in [9.17, 15) is 4.79 Å². The van der Waals surface area contributed by atoms with Crippen LogP contribution in [0.15, 0.2) is 30.6 Å². The van der Waals surface area contributed by atoms with Gasteiger partial charge in [-0.3, -0.25) is 4.79 Å². The number of amides is 1. The van der Waals surface area contributed by atoms with Gasteiger partial charge in [-0.1, -0.05) is 0 Å². The second-order valence-corrected chi connectivity index (χ2v) is 8.22. The molecule has 2 aliphatic rings. The summed E-state index contributed by atoms with van der Waals surface area (Å²) < 4.78 is 0. The van der Waals surface area contributed by atoms with Gasteiger partial charge in [-0.25, -0.2) is 15.0 Å². The highest BCUT2D eigenvalue weighted by Crippen LogP contribution is 2.34. The Morgan fingerprint density at radius 2 is 1.50 bits per heavy atom. The first kappa shape index (κ1) is 18.7. The van der Waals surface area contributed by atoms with Crippen molar-refractivity contribution in [3.63, 3.8) is 0 Å². The lowest BCUT2D eigenvalue weighted by Gasteiger charge is -2.22. The molecule has 0 radical (unpaired) electrons. The molecule has 5 rings (SSSR count). The molecule has 0 bridgehead atoms. The van der Waals surface area contributed by atoms with Crippen LogP contribution in [0, 0.1) is 32.6 Å². The van der Waals surface area contributed by atoms with Gasteiger partial charge in [0.15, 0.2) is 5.69 Å². The van der Waals surface area contributed by atoms with Crippen LogP contribution in [0.4, 0.5) is 5.95 Å². The Morgan fingerprint density at radius 1 is 0.867 bits per heavy atom. The first-order valence-electron chi connectivity index (χ1n) is 10.2. The van der Waals surface area contributed by atoms with Gasteiger partial charge in [0.25, 0.3) is 5.91 Å². The van der Waals surface area contributed by atoms with Crippen molar-refractivity contribution >= 4 is 11.9 Å². The van der Waals surface area contributed by atoms with Gasteiger partial charge in [-0.05, 0) is 39.0 Å². The molecule has 3 aromatic rings. The SMILES string of the molecule is Cc1cc(C)nc(N2CC3CN(C(=O)c4nc(C)ccc4-n4nccn4)CC3C2)n1. The van der Waals surface area contributed by atoms with E-state index in [1.165, 1.54) is 4.80 Å². The van der Waals surface area contributed by atoms with Gasteiger partial charge in [-0.15, -0.1) is 4.80 Å². The lowest BCUT2D eigenvalue weighted by atomic mass is 10.0. The van der Waals surface area contributed by atoms with Gasteiger partial charge in [-0.2, -0.15) is 10.2 Å². The lowest BCUT2D eigenvalue weighted by Crippen LogP contribution is -2.35. The van der Waals surface area contributed by atoms with Crippen molar-refractivity contribution in [1.82, 2.24) is 34.8 Å². The first-order valence-corrected chi connectivity index (χ1v) is 10.2. The molecular formula is C21H24N8O. The Morgan fingerprint density at radius 3 is 2.13 bits per heavy atom. The van der Waals surface area contributed by atoms with Crippen molar-refractivity contribution < 1.29 is 4.79 Å². The molecule has 0 aromatic carbocycles. The fourth-order valence-electron chi connectivity index (χ4n) is 4.53. The van der Waals surface area contributed by atoms with Gasteiger partial charge < -0.3 is 9.80 Å². The second-order valence-electron chi connectivity index (χ2n) is 8.22. The number of carbonyl (C=O) groups excluding carboxylic acids is 1. The molecule has 2 atom stereocenters. The maximum atomic E-state index is 13.3. The first-order chi connectivity index (χ1) is 14.5. The molecule has 0 N–H and O–H groups in total. The number of hydrogen-bond acceptors (Lipinski definition) is 7. The largest absolute Gasteiger partial charge is 0.340 e. The molecular weight excluding hydrogens is 380 g/mol. The Balaban J connectivity index is 1.34. The van der Waals surface area contributed by atoms with E-state index in [0.717, 1.165) is 36.1 Å². The molecule has 2 saturated heterocycles. The summed E-state index contributed by atoms with van der Waals surface area (Å²) in [6.45, 7) is 9.04. The number of pyridine rings is 1. The Kier molecular flexibility index (Phi) is 4.45. The number of aryl methyl sites for hydroxylation is 3. The average Bonchev–Trinajstić information content (AvgIpc) is 3.43. The quantitative estimate of drug-likeness (QED) is 0.654. The predicted octanol–water partition coefficient (Wildman–Crippen LogP) is 1.59. The third-order valence-electron chi connectivity index (χ3n) is 5.88. The van der Waals surface area contributed by atoms with Gasteiger partial charge in [0.05, 0.1) is 12.4 Å². The fourth-order valence-corrected chi connectivity index (χ4v) is 4.53. The molecule has 5 heterocycles. The van der Waals surface area contributed by atoms with Gasteiger partial charge in [0.2, 0.25) is 5.95 Å². The summed E-state index contributed by atoms with van der Waals surface area (Å²) in [6, 6.07) is 5.71. The number of fused-ring (bicyclic) bond motifs is 1. The van der Waals surface area contributed by atoms with Crippen LogP contribution in [-0.2, 0) is 0 Å². The zero-order valence-electron chi connectivity index (χ0n) is 17.4. The lowest BCUT2D eigenvalue weighted by molar-refractivity contribution is 0.0776. The summed E-state index contributed by atoms with van der Waals surface area (Å²) in [4.78, 5) is 32.7. The number of likely N-dealkylation sites (tertiary alicyclic amines) is 1. The fraction of sp³-hybridized carbons (Fsp3) is 0.429. The summed E-state index contributed by atoms with van der Waals surface area (Å²) >= 11 is 0. The summed E-state index contributed by atoms with van der Waals surface area (Å²) in [5.74, 6) is 1.56. The van der Waals surface area contributed by atoms with E-state index in [-0.39, 0.29) is 5.91 Å². The molecule has 154 valence electrons. The molecule has 2 unspecified atom stereocenters. The highest BCUT2D eigenvalue weighted by atomic mass is 16.2. The van der Waals surface area contributed by atoms with E-state index < -0.39 is 0 Å². The highest BCUT2D eigenvalue weighted by molar-refractivity contribution is 5.96. The summed E-state index contributed by atoms with van der Waals surface area (Å²) in [5, 5.41) is 8.35. The topological polar surface area (TPSA) is 92.9 Å². The van der Waals surface area contributed by atoms with Crippen LogP contribution < -0.4 is 4.90 Å². The molecule has 3 aromatic heterocycles. The van der Waals surface area contributed by atoms with E-state index in [2.05, 4.69) is 30.0 Å². The van der Waals surface area contributed by atoms with Crippen LogP contribution in [0.3, 0.4) is 0 Å². The zero-order valence-corrected chi connectivity index (χ0v) is 17.4. The van der Waals surface area contributed by atoms with Crippen molar-refractivity contribution in [2.24, 2.45) is 11.8 Å². The average molecular weight is 404 g/mol. The van der Waals surface area contributed by atoms with Crippen molar-refractivity contribution in [1.29, 1.82) is 0 Å². The molecule has 1 amide bonds. The molecule has 2 aliphatic heterocycles. The number of anilines is 1. The molecule has 0 spiro atoms. The number of carbonyl (C=O) groups is 1. The second kappa shape index (κ2) is 7.16. The standard InChI is InChI=1S/C21H24N8O/c1-13-4-5-18(29-22-6-7-23-29)19(24-13)20(30)27-9-16-11-28(12-17(16)10-27)21-25-14(2)8-15(3)26-21/h4-8,16-17H,9-12H2,1-3H3. The third-order valence-corrected chi connectivity index (χ3v) is 5.88. The van der Waals surface area contributed by atoms with Gasteiger partial charge in [0.1, 0.15) is 5.69 Å². The molecule has 2 fully saturated rings. The molecule has 0 saturated carbocycles. The minimum atomic E-state index is -0.0606. The zero-order chi connectivity index (χ0) is 20.8. The van der Waals surface area contributed by atoms with Crippen molar-refractivity contribution in [3.05, 3.63) is 53.4 Å². The number of hydrogen-bond donors (Lipinski definition) is 0. The monoisotopic (exact) mass is 404 g/mol. The number of aromatic nitrogens is 6. The van der Waals surface area contributed by atoms with Crippen LogP contribution >= 0.6 is 0 Å². The Labute approximate surface area is 174 Å². The van der Waals surface area contributed by atoms with Crippen molar-refractivity contribution in [3.8, 4) is 5.69 Å². The van der Waals surface area contributed by atoms with Gasteiger partial charge >= 0.3 is 0 Å². The molecule has 30 heavy (non-hydrogen) atoms. The number of nitrogens with zero attached hydrogens (tertiary/aromatic N) is 8. The van der Waals surface area contributed by atoms with Crippen LogP contribution in [-0.4, -0.2) is 66.9 Å². The maximum absolute atomic E-state index is 13.3. The number of rotatable bonds is 3. The van der Waals surface area contributed by atoms with E-state index in [1.807, 2.05) is 43.9 Å². The van der Waals surface area contributed by atoms with E-state index in [4.69, 9.17) is 0 Å². The molecule has 9 nitrogen and oxygen atoms in total. The summed E-state index contributed by atoms with van der Waals surface area (Å²) in [6.07, 6.45) is 3.19. The van der Waals surface area contributed by atoms with Crippen LogP contribution in [0.5, 0.6) is 0 Å². The van der Waals surface area contributed by atoms with Crippen molar-refractivity contribution in [2.45, 2.75) is 20.8 Å². The van der Waals surface area contributed by atoms with Crippen LogP contribution in [0.2, 0.25) is 0 Å². The van der Waals surface area contributed by atoms with E-state index in [0.29, 0.717) is 36.3 Å². The Bertz CT molecular complexity index is 1060.